The van der Waals surface area contributed by atoms with E-state index >= 15 is 0 Å². The summed E-state index contributed by atoms with van der Waals surface area (Å²) in [7, 11) is 0. The van der Waals surface area contributed by atoms with E-state index in [4.69, 9.17) is 0 Å². The second kappa shape index (κ2) is 9.17. The van der Waals surface area contributed by atoms with Gasteiger partial charge in [0.05, 0.1) is 28.8 Å². The first-order chi connectivity index (χ1) is 16.9. The summed E-state index contributed by atoms with van der Waals surface area (Å²) >= 11 is 0. The molecule has 35 heavy (non-hydrogen) atoms. The summed E-state index contributed by atoms with van der Waals surface area (Å²) in [6, 6.07) is 13.4. The number of hydrogen-bond donors (Lipinski definition) is 1. The summed E-state index contributed by atoms with van der Waals surface area (Å²) in [6.45, 7) is 6.03. The molecule has 0 aliphatic carbocycles. The van der Waals surface area contributed by atoms with E-state index in [1.165, 1.54) is 12.1 Å². The molecule has 0 spiro atoms. The summed E-state index contributed by atoms with van der Waals surface area (Å²) in [5, 5.41) is 14.5. The Bertz CT molecular complexity index is 1380. The molecule has 9 heteroatoms. The molecule has 2 aromatic carbocycles. The summed E-state index contributed by atoms with van der Waals surface area (Å²) in [5.41, 5.74) is 4.22. The molecule has 178 valence electrons. The third kappa shape index (κ3) is 4.32. The van der Waals surface area contributed by atoms with Gasteiger partial charge in [-0.3, -0.25) is 4.79 Å². The van der Waals surface area contributed by atoms with Gasteiger partial charge in [-0.05, 0) is 55.8 Å². The minimum Gasteiger partial charge on any atom is -0.506 e. The van der Waals surface area contributed by atoms with Gasteiger partial charge < -0.3 is 14.9 Å². The molecule has 0 bridgehead atoms. The van der Waals surface area contributed by atoms with Crippen molar-refractivity contribution in [3.8, 4) is 23.0 Å². The van der Waals surface area contributed by atoms with Crippen LogP contribution in [0.25, 0.3) is 17.2 Å². The lowest BCUT2D eigenvalue weighted by Gasteiger charge is -2.36. The fourth-order valence-corrected chi connectivity index (χ4v) is 4.31. The van der Waals surface area contributed by atoms with Gasteiger partial charge in [-0.15, -0.1) is 0 Å². The maximum absolute atomic E-state index is 13.4. The zero-order valence-electron chi connectivity index (χ0n) is 19.5. The predicted molar refractivity (Wildman–Crippen MR) is 130 cm³/mol. The number of anilines is 1. The molecule has 1 aliphatic rings. The highest BCUT2D eigenvalue weighted by atomic mass is 19.1. The maximum atomic E-state index is 13.4. The first-order valence-electron chi connectivity index (χ1n) is 11.4. The lowest BCUT2D eigenvalue weighted by molar-refractivity contribution is 0.0746. The molecule has 4 aromatic rings. The summed E-state index contributed by atoms with van der Waals surface area (Å²) in [4.78, 5) is 26.2. The molecule has 8 nitrogen and oxygen atoms in total. The van der Waals surface area contributed by atoms with Crippen LogP contribution in [0, 0.1) is 19.7 Å². The molecule has 0 radical (unpaired) electrons. The highest BCUT2D eigenvalue weighted by molar-refractivity contribution is 5.95. The van der Waals surface area contributed by atoms with Gasteiger partial charge in [0.15, 0.2) is 0 Å². The number of para-hydroxylation sites is 2. The van der Waals surface area contributed by atoms with Crippen LogP contribution in [0.4, 0.5) is 10.1 Å². The Balaban J connectivity index is 1.35. The second-order valence-corrected chi connectivity index (χ2v) is 8.53. The lowest BCUT2D eigenvalue weighted by Crippen LogP contribution is -2.48. The van der Waals surface area contributed by atoms with Crippen LogP contribution in [0.5, 0.6) is 5.75 Å². The number of hydrogen-bond acceptors (Lipinski definition) is 6. The lowest BCUT2D eigenvalue weighted by atomic mass is 10.1. The van der Waals surface area contributed by atoms with Gasteiger partial charge in [0.2, 0.25) is 0 Å². The molecule has 0 saturated carbocycles. The molecule has 2 aromatic heterocycles. The highest BCUT2D eigenvalue weighted by Gasteiger charge is 2.26. The van der Waals surface area contributed by atoms with E-state index in [0.29, 0.717) is 49.1 Å². The van der Waals surface area contributed by atoms with E-state index in [0.717, 1.165) is 16.8 Å². The summed E-state index contributed by atoms with van der Waals surface area (Å²) in [5.74, 6) is 0.170. The van der Waals surface area contributed by atoms with Crippen LogP contribution in [0.15, 0.2) is 60.9 Å². The quantitative estimate of drug-likeness (QED) is 0.487. The van der Waals surface area contributed by atoms with Gasteiger partial charge in [0.1, 0.15) is 11.6 Å². The third-order valence-electron chi connectivity index (χ3n) is 6.30. The van der Waals surface area contributed by atoms with Crippen LogP contribution in [-0.4, -0.2) is 61.8 Å². The number of aromatic hydroxyl groups is 1. The Labute approximate surface area is 202 Å². The fourth-order valence-electron chi connectivity index (χ4n) is 4.31. The monoisotopic (exact) mass is 472 g/mol. The number of piperazine rings is 1. The van der Waals surface area contributed by atoms with Gasteiger partial charge in [-0.25, -0.2) is 19.0 Å². The van der Waals surface area contributed by atoms with Crippen LogP contribution < -0.4 is 4.90 Å². The SMILES string of the molecule is Cc1cnc(-n2ncc(C(=O)N3CCN(c4ccccc4O)CC3)c2C)nc1-c1ccc(F)cc1. The molecule has 1 fully saturated rings. The molecular weight excluding hydrogens is 447 g/mol. The Kier molecular flexibility index (Phi) is 5.90. The number of benzene rings is 2. The molecule has 0 unspecified atom stereocenters. The van der Waals surface area contributed by atoms with Crippen molar-refractivity contribution in [1.29, 1.82) is 0 Å². The Morgan fingerprint density at radius 2 is 1.69 bits per heavy atom. The molecule has 1 N–H and O–H groups in total. The summed E-state index contributed by atoms with van der Waals surface area (Å²) < 4.78 is 14.9. The van der Waals surface area contributed by atoms with E-state index in [1.54, 1.807) is 46.2 Å². The first kappa shape index (κ1) is 22.5. The maximum Gasteiger partial charge on any atom is 0.257 e. The number of rotatable bonds is 4. The number of carbonyl (C=O) groups is 1. The number of carbonyl (C=O) groups excluding carboxylic acids is 1. The van der Waals surface area contributed by atoms with Gasteiger partial charge >= 0.3 is 0 Å². The molecule has 3 heterocycles. The van der Waals surface area contributed by atoms with E-state index in [-0.39, 0.29) is 17.5 Å². The molecule has 1 aliphatic heterocycles. The second-order valence-electron chi connectivity index (χ2n) is 8.53. The Morgan fingerprint density at radius 3 is 2.40 bits per heavy atom. The highest BCUT2D eigenvalue weighted by Crippen LogP contribution is 2.28. The van der Waals surface area contributed by atoms with Gasteiger partial charge in [0.25, 0.3) is 11.9 Å². The Morgan fingerprint density at radius 1 is 0.971 bits per heavy atom. The number of aromatic nitrogens is 4. The smallest absolute Gasteiger partial charge is 0.257 e. The van der Waals surface area contributed by atoms with Crippen LogP contribution in [0.1, 0.15) is 21.6 Å². The number of aryl methyl sites for hydroxylation is 1. The standard InChI is InChI=1S/C26H25FN6O2/c1-17-15-28-26(30-24(17)19-7-9-20(27)10-8-19)33-18(2)21(16-29-33)25(35)32-13-11-31(12-14-32)22-5-3-4-6-23(22)34/h3-10,15-16,34H,11-14H2,1-2H3. The Hall–Kier alpha value is -4.27. The minimum atomic E-state index is -0.312. The number of amides is 1. The van der Waals surface area contributed by atoms with E-state index < -0.39 is 0 Å². The van der Waals surface area contributed by atoms with Crippen LogP contribution >= 0.6 is 0 Å². The molecular formula is C26H25FN6O2. The van der Waals surface area contributed by atoms with Crippen LogP contribution in [0.2, 0.25) is 0 Å². The van der Waals surface area contributed by atoms with Gasteiger partial charge in [0, 0.05) is 37.9 Å². The molecule has 1 saturated heterocycles. The van der Waals surface area contributed by atoms with Crippen molar-refractivity contribution in [3.05, 3.63) is 83.6 Å². The zero-order valence-corrected chi connectivity index (χ0v) is 19.5. The van der Waals surface area contributed by atoms with E-state index in [2.05, 4.69) is 20.0 Å². The van der Waals surface area contributed by atoms with Crippen molar-refractivity contribution >= 4 is 11.6 Å². The van der Waals surface area contributed by atoms with Crippen molar-refractivity contribution in [2.75, 3.05) is 31.1 Å². The van der Waals surface area contributed by atoms with Crippen molar-refractivity contribution in [3.63, 3.8) is 0 Å². The van der Waals surface area contributed by atoms with E-state index in [9.17, 15) is 14.3 Å². The largest absolute Gasteiger partial charge is 0.506 e. The molecule has 5 rings (SSSR count). The van der Waals surface area contributed by atoms with Crippen molar-refractivity contribution < 1.29 is 14.3 Å². The topological polar surface area (TPSA) is 87.4 Å². The van der Waals surface area contributed by atoms with Crippen LogP contribution in [0.3, 0.4) is 0 Å². The number of phenolic OH excluding ortho intramolecular Hbond substituents is 1. The normalized spacial score (nSPS) is 13.8. The average molecular weight is 473 g/mol. The average Bonchev–Trinajstić information content (AvgIpc) is 3.26. The first-order valence-corrected chi connectivity index (χ1v) is 11.4. The summed E-state index contributed by atoms with van der Waals surface area (Å²) in [6.07, 6.45) is 3.25. The fraction of sp³-hybridized carbons (Fsp3) is 0.231. The van der Waals surface area contributed by atoms with Gasteiger partial charge in [-0.2, -0.15) is 5.10 Å². The van der Waals surface area contributed by atoms with Crippen LogP contribution in [-0.2, 0) is 0 Å². The van der Waals surface area contributed by atoms with Crippen molar-refractivity contribution in [1.82, 2.24) is 24.6 Å². The van der Waals surface area contributed by atoms with E-state index in [1.807, 2.05) is 26.0 Å². The minimum absolute atomic E-state index is 0.100. The van der Waals surface area contributed by atoms with Crippen molar-refractivity contribution in [2.45, 2.75) is 13.8 Å². The molecule has 0 atom stereocenters. The number of phenols is 1. The number of nitrogens with zero attached hydrogens (tertiary/aromatic N) is 6. The third-order valence-corrected chi connectivity index (χ3v) is 6.30. The zero-order chi connectivity index (χ0) is 24.5. The van der Waals surface area contributed by atoms with Crippen molar-refractivity contribution in [2.24, 2.45) is 0 Å². The van der Waals surface area contributed by atoms with Gasteiger partial charge in [-0.1, -0.05) is 12.1 Å². The predicted octanol–water partition coefficient (Wildman–Crippen LogP) is 3.75. The number of halogens is 1. The molecule has 1 amide bonds.